The van der Waals surface area contributed by atoms with Crippen LogP contribution >= 0.6 is 0 Å². The lowest BCUT2D eigenvalue weighted by Crippen LogP contribution is -2.30. The first-order valence-electron chi connectivity index (χ1n) is 34.4. The molecule has 1 unspecified atom stereocenters. The SMILES string of the molecule is CC/C=C\C/C=C\C/C=C\C/C=C\C/C=C\CCCCCCCCCCCCCC(=O)OCC(COC(=O)CCCCCCC/C=C\CCCC)OC(=O)CCCCCCCCCCCC/C=C\C/C=C\C/C=C\CCCCCCC. The van der Waals surface area contributed by atoms with E-state index in [1.165, 1.54) is 180 Å². The van der Waals surface area contributed by atoms with Crippen molar-refractivity contribution in [2.75, 3.05) is 13.2 Å². The van der Waals surface area contributed by atoms with Crippen molar-refractivity contribution in [1.29, 1.82) is 0 Å². The average molecular weight is 1130 g/mol. The lowest BCUT2D eigenvalue weighted by atomic mass is 10.0. The number of esters is 3. The molecular weight excluding hydrogens is 997 g/mol. The highest BCUT2D eigenvalue weighted by Gasteiger charge is 2.19. The Morgan fingerprint density at radius 1 is 0.259 bits per heavy atom. The molecule has 0 amide bonds. The Labute approximate surface area is 501 Å². The van der Waals surface area contributed by atoms with Gasteiger partial charge >= 0.3 is 17.9 Å². The molecule has 0 rings (SSSR count). The van der Waals surface area contributed by atoms with E-state index in [0.717, 1.165) is 109 Å². The van der Waals surface area contributed by atoms with Gasteiger partial charge in [-0.05, 0) is 122 Å². The van der Waals surface area contributed by atoms with Crippen molar-refractivity contribution in [2.24, 2.45) is 0 Å². The monoisotopic (exact) mass is 1120 g/mol. The second-order valence-corrected chi connectivity index (χ2v) is 22.7. The van der Waals surface area contributed by atoms with Crippen molar-refractivity contribution >= 4 is 17.9 Å². The fraction of sp³-hybridized carbons (Fsp3) is 0.720. The number of carbonyl (C=O) groups excluding carboxylic acids is 3. The van der Waals surface area contributed by atoms with E-state index in [2.05, 4.69) is 130 Å². The van der Waals surface area contributed by atoms with Gasteiger partial charge in [0.2, 0.25) is 0 Å². The quantitative estimate of drug-likeness (QED) is 0.0261. The molecule has 1 atom stereocenters. The summed E-state index contributed by atoms with van der Waals surface area (Å²) in [4.78, 5) is 38.4. The molecule has 0 aromatic rings. The third-order valence-electron chi connectivity index (χ3n) is 14.7. The number of hydrogen-bond acceptors (Lipinski definition) is 6. The minimum Gasteiger partial charge on any atom is -0.462 e. The maximum atomic E-state index is 12.9. The third-order valence-corrected chi connectivity index (χ3v) is 14.7. The Hall–Kier alpha value is -3.93. The fourth-order valence-corrected chi connectivity index (χ4v) is 9.58. The van der Waals surface area contributed by atoms with Gasteiger partial charge in [0.25, 0.3) is 0 Å². The van der Waals surface area contributed by atoms with E-state index in [-0.39, 0.29) is 31.1 Å². The first-order valence-corrected chi connectivity index (χ1v) is 34.4. The number of rotatable bonds is 62. The molecule has 81 heavy (non-hydrogen) atoms. The second kappa shape index (κ2) is 68.6. The molecule has 0 radical (unpaired) electrons. The Bertz CT molecular complexity index is 1620. The Morgan fingerprint density at radius 2 is 0.494 bits per heavy atom. The summed E-state index contributed by atoms with van der Waals surface area (Å²) in [7, 11) is 0. The number of unbranched alkanes of at least 4 members (excludes halogenated alkanes) is 33. The van der Waals surface area contributed by atoms with Crippen molar-refractivity contribution in [1.82, 2.24) is 0 Å². The van der Waals surface area contributed by atoms with E-state index in [1.807, 2.05) is 0 Å². The third kappa shape index (κ3) is 66.8. The minimum absolute atomic E-state index is 0.0833. The van der Waals surface area contributed by atoms with Gasteiger partial charge in [-0.15, -0.1) is 0 Å². The average Bonchev–Trinajstić information content (AvgIpc) is 3.47. The fourth-order valence-electron chi connectivity index (χ4n) is 9.58. The Morgan fingerprint density at radius 3 is 0.802 bits per heavy atom. The molecule has 0 saturated heterocycles. The van der Waals surface area contributed by atoms with Crippen LogP contribution in [0.4, 0.5) is 0 Å². The molecule has 0 fully saturated rings. The van der Waals surface area contributed by atoms with Crippen LogP contribution in [-0.4, -0.2) is 37.2 Å². The zero-order chi connectivity index (χ0) is 58.5. The van der Waals surface area contributed by atoms with Crippen molar-refractivity contribution < 1.29 is 28.6 Å². The van der Waals surface area contributed by atoms with Crippen LogP contribution in [0.25, 0.3) is 0 Å². The predicted octanol–water partition coefficient (Wildman–Crippen LogP) is 23.8. The molecule has 464 valence electrons. The molecule has 0 spiro atoms. The number of hydrogen-bond donors (Lipinski definition) is 0. The van der Waals surface area contributed by atoms with Crippen molar-refractivity contribution in [3.05, 3.63) is 109 Å². The van der Waals surface area contributed by atoms with Crippen LogP contribution < -0.4 is 0 Å². The summed E-state index contributed by atoms with van der Waals surface area (Å²) >= 11 is 0. The van der Waals surface area contributed by atoms with E-state index in [1.54, 1.807) is 0 Å². The van der Waals surface area contributed by atoms with Crippen LogP contribution in [0.2, 0.25) is 0 Å². The van der Waals surface area contributed by atoms with Gasteiger partial charge in [-0.25, -0.2) is 0 Å². The van der Waals surface area contributed by atoms with Gasteiger partial charge in [0, 0.05) is 19.3 Å². The van der Waals surface area contributed by atoms with Crippen LogP contribution in [0.15, 0.2) is 109 Å². The van der Waals surface area contributed by atoms with Crippen molar-refractivity contribution in [3.63, 3.8) is 0 Å². The smallest absolute Gasteiger partial charge is 0.306 e. The van der Waals surface area contributed by atoms with E-state index in [4.69, 9.17) is 14.2 Å². The summed E-state index contributed by atoms with van der Waals surface area (Å²) in [5.41, 5.74) is 0. The lowest BCUT2D eigenvalue weighted by molar-refractivity contribution is -0.167. The predicted molar refractivity (Wildman–Crippen MR) is 353 cm³/mol. The number of ether oxygens (including phenoxy) is 3. The summed E-state index contributed by atoms with van der Waals surface area (Å²) in [5, 5.41) is 0. The van der Waals surface area contributed by atoms with Gasteiger partial charge in [0.1, 0.15) is 13.2 Å². The largest absolute Gasteiger partial charge is 0.462 e. The van der Waals surface area contributed by atoms with Crippen molar-refractivity contribution in [3.8, 4) is 0 Å². The molecular formula is C75H128O6. The number of carbonyl (C=O) groups is 3. The highest BCUT2D eigenvalue weighted by Crippen LogP contribution is 2.16. The summed E-state index contributed by atoms with van der Waals surface area (Å²) < 4.78 is 16.9. The lowest BCUT2D eigenvalue weighted by Gasteiger charge is -2.18. The summed E-state index contributed by atoms with van der Waals surface area (Å²) in [6.07, 6.45) is 93.9. The molecule has 0 aromatic carbocycles. The van der Waals surface area contributed by atoms with Crippen LogP contribution in [-0.2, 0) is 28.6 Å². The van der Waals surface area contributed by atoms with E-state index in [9.17, 15) is 14.4 Å². The molecule has 6 heteroatoms. The highest BCUT2D eigenvalue weighted by molar-refractivity contribution is 5.71. The van der Waals surface area contributed by atoms with Gasteiger partial charge < -0.3 is 14.2 Å². The van der Waals surface area contributed by atoms with Gasteiger partial charge in [0.15, 0.2) is 6.10 Å². The van der Waals surface area contributed by atoms with Crippen LogP contribution in [0.1, 0.15) is 329 Å². The van der Waals surface area contributed by atoms with E-state index < -0.39 is 6.10 Å². The molecule has 0 aliphatic carbocycles. The van der Waals surface area contributed by atoms with Gasteiger partial charge in [-0.2, -0.15) is 0 Å². The zero-order valence-electron chi connectivity index (χ0n) is 53.3. The van der Waals surface area contributed by atoms with Gasteiger partial charge in [0.05, 0.1) is 0 Å². The van der Waals surface area contributed by atoms with Crippen molar-refractivity contribution in [2.45, 2.75) is 335 Å². The molecule has 0 N–H and O–H groups in total. The maximum Gasteiger partial charge on any atom is 0.306 e. The minimum atomic E-state index is -0.787. The normalized spacial score (nSPS) is 12.8. The molecule has 0 heterocycles. The summed E-state index contributed by atoms with van der Waals surface area (Å²) in [6.45, 7) is 6.49. The molecule has 0 aromatic heterocycles. The standard InChI is InChI=1S/C75H128O6/c1-4-7-10-13-16-19-22-24-26-28-30-32-34-36-37-39-40-42-44-46-48-50-53-56-59-62-65-68-74(77)80-71-72(70-79-73(76)67-64-61-58-55-52-21-18-15-12-9-6-3)81-75(78)69-66-63-60-57-54-51-49-47-45-43-41-38-35-33-31-29-27-25-23-20-17-14-11-8-5-2/h7,10,15-16,18-19,23-26,29-32,35-38,72H,4-6,8-9,11-14,17,20-22,27-28,33-34,39-71H2,1-3H3/b10-7-,18-15-,19-16-,25-23-,26-24-,31-29-,32-30-,37-36-,38-35-. The van der Waals surface area contributed by atoms with Crippen LogP contribution in [0.5, 0.6) is 0 Å². The summed E-state index contributed by atoms with van der Waals surface area (Å²) in [5.74, 6) is -0.890. The van der Waals surface area contributed by atoms with E-state index >= 15 is 0 Å². The zero-order valence-corrected chi connectivity index (χ0v) is 53.3. The highest BCUT2D eigenvalue weighted by atomic mass is 16.6. The van der Waals surface area contributed by atoms with Gasteiger partial charge in [-0.1, -0.05) is 297 Å². The van der Waals surface area contributed by atoms with Gasteiger partial charge in [-0.3, -0.25) is 14.4 Å². The Kier molecular flexibility index (Phi) is 65.2. The number of allylic oxidation sites excluding steroid dienone is 18. The molecule has 0 bridgehead atoms. The topological polar surface area (TPSA) is 78.9 Å². The first-order chi connectivity index (χ1) is 40.0. The second-order valence-electron chi connectivity index (χ2n) is 22.7. The Balaban J connectivity index is 4.26. The molecule has 0 saturated carbocycles. The summed E-state index contributed by atoms with van der Waals surface area (Å²) in [6, 6.07) is 0. The molecule has 0 aliphatic rings. The molecule has 0 aliphatic heterocycles. The van der Waals surface area contributed by atoms with Crippen LogP contribution in [0.3, 0.4) is 0 Å². The first kappa shape index (κ1) is 77.1. The molecule has 6 nitrogen and oxygen atoms in total. The van der Waals surface area contributed by atoms with E-state index in [0.29, 0.717) is 19.3 Å². The van der Waals surface area contributed by atoms with Crippen LogP contribution in [0, 0.1) is 0 Å². The maximum absolute atomic E-state index is 12.9.